The first-order chi connectivity index (χ1) is 19.7. The normalized spacial score (nSPS) is 19.5. The third-order valence-corrected chi connectivity index (χ3v) is 9.38. The number of thioether (sulfide) groups is 1. The molecular weight excluding hydrogens is 553 g/mol. The molecule has 3 aromatic rings. The molecule has 0 bridgehead atoms. The van der Waals surface area contributed by atoms with Gasteiger partial charge >= 0.3 is 0 Å². The number of fused-ring (bicyclic) bond motifs is 2. The number of likely N-dealkylation sites (tertiary alicyclic amines) is 2. The number of aromatic nitrogens is 2. The molecule has 2 aromatic carbocycles. The van der Waals surface area contributed by atoms with Gasteiger partial charge in [0.15, 0.2) is 16.8 Å². The summed E-state index contributed by atoms with van der Waals surface area (Å²) in [4.78, 5) is 47.2. The molecule has 0 radical (unpaired) electrons. The van der Waals surface area contributed by atoms with Crippen molar-refractivity contribution in [3.63, 3.8) is 0 Å². The Bertz CT molecular complexity index is 1590. The molecule has 3 aliphatic rings. The van der Waals surface area contributed by atoms with Gasteiger partial charge in [0.2, 0.25) is 5.91 Å². The second kappa shape index (κ2) is 11.0. The number of rotatable bonds is 6. The van der Waals surface area contributed by atoms with E-state index in [1.54, 1.807) is 24.0 Å². The number of aryl methyl sites for hydroxylation is 1. The van der Waals surface area contributed by atoms with E-state index in [1.165, 1.54) is 34.9 Å². The number of hydrogen-bond acceptors (Lipinski definition) is 5. The van der Waals surface area contributed by atoms with Crippen molar-refractivity contribution >= 4 is 23.6 Å². The maximum absolute atomic E-state index is 14.5. The fourth-order valence-corrected chi connectivity index (χ4v) is 7.27. The van der Waals surface area contributed by atoms with Crippen LogP contribution in [0.1, 0.15) is 45.6 Å². The van der Waals surface area contributed by atoms with Crippen molar-refractivity contribution in [1.82, 2.24) is 19.4 Å². The van der Waals surface area contributed by atoms with Gasteiger partial charge in [0.05, 0.1) is 11.6 Å². The first-order valence-electron chi connectivity index (χ1n) is 13.7. The summed E-state index contributed by atoms with van der Waals surface area (Å²) < 4.78 is 43.6. The molecule has 214 valence electrons. The number of amides is 2. The van der Waals surface area contributed by atoms with E-state index in [0.717, 1.165) is 23.7 Å². The molecule has 2 amide bonds. The van der Waals surface area contributed by atoms with E-state index in [0.29, 0.717) is 54.4 Å². The van der Waals surface area contributed by atoms with Crippen LogP contribution < -0.4 is 5.56 Å². The molecule has 0 saturated carbocycles. The number of carbonyl (C=O) groups excluding carboxylic acids is 2. The predicted molar refractivity (Wildman–Crippen MR) is 147 cm³/mol. The Labute approximate surface area is 239 Å². The molecule has 41 heavy (non-hydrogen) atoms. The summed E-state index contributed by atoms with van der Waals surface area (Å²) in [5, 5.41) is 0.448. The lowest BCUT2D eigenvalue weighted by Gasteiger charge is -2.27. The maximum Gasteiger partial charge on any atom is 0.277 e. The molecule has 0 unspecified atom stereocenters. The van der Waals surface area contributed by atoms with Crippen molar-refractivity contribution in [3.05, 3.63) is 92.2 Å². The highest BCUT2D eigenvalue weighted by Gasteiger charge is 2.45. The molecule has 2 saturated heterocycles. The van der Waals surface area contributed by atoms with E-state index in [1.807, 2.05) is 4.57 Å². The first-order valence-corrected chi connectivity index (χ1v) is 14.7. The maximum atomic E-state index is 14.5. The van der Waals surface area contributed by atoms with Crippen LogP contribution in [-0.2, 0) is 29.9 Å². The summed E-state index contributed by atoms with van der Waals surface area (Å²) in [6, 6.07) is 8.31. The number of nitrogens with zero attached hydrogens (tertiary/aromatic N) is 4. The Hall–Kier alpha value is -3.60. The van der Waals surface area contributed by atoms with E-state index in [-0.39, 0.29) is 47.9 Å². The molecule has 1 aromatic heterocycles. The second-order valence-corrected chi connectivity index (χ2v) is 11.9. The van der Waals surface area contributed by atoms with Gasteiger partial charge in [0, 0.05) is 42.6 Å². The highest BCUT2D eigenvalue weighted by Crippen LogP contribution is 2.34. The molecule has 2 atom stereocenters. The van der Waals surface area contributed by atoms with Crippen molar-refractivity contribution < 1.29 is 22.8 Å². The average Bonchev–Trinajstić information content (AvgIpc) is 3.68. The summed E-state index contributed by atoms with van der Waals surface area (Å²) in [6.07, 6.45) is 2.82. The Morgan fingerprint density at radius 3 is 2.63 bits per heavy atom. The molecule has 6 rings (SSSR count). The van der Waals surface area contributed by atoms with Gasteiger partial charge in [0.1, 0.15) is 12.4 Å². The van der Waals surface area contributed by atoms with E-state index >= 15 is 0 Å². The highest BCUT2D eigenvalue weighted by molar-refractivity contribution is 7.98. The lowest BCUT2D eigenvalue weighted by molar-refractivity contribution is -0.132. The molecular formula is C30H29F3N4O3S. The van der Waals surface area contributed by atoms with Crippen LogP contribution in [0.2, 0.25) is 0 Å². The molecule has 2 fully saturated rings. The van der Waals surface area contributed by atoms with Crippen LogP contribution in [-0.4, -0.2) is 56.8 Å². The third kappa shape index (κ3) is 5.27. The van der Waals surface area contributed by atoms with Crippen LogP contribution >= 0.6 is 11.8 Å². The third-order valence-electron chi connectivity index (χ3n) is 8.33. The van der Waals surface area contributed by atoms with Gasteiger partial charge in [-0.2, -0.15) is 4.98 Å². The van der Waals surface area contributed by atoms with Crippen molar-refractivity contribution in [3.8, 4) is 0 Å². The average molecular weight is 583 g/mol. The largest absolute Gasteiger partial charge is 0.336 e. The minimum Gasteiger partial charge on any atom is -0.336 e. The molecule has 0 N–H and O–H groups in total. The topological polar surface area (TPSA) is 75.5 Å². The van der Waals surface area contributed by atoms with Gasteiger partial charge in [0.25, 0.3) is 11.5 Å². The standard InChI is InChI=1S/C30H29F3N4O3S/c1-17-11-22(27(33)23(32)12-17)29(40)35-13-19-9-10-36(25(19)14-35)26(38)15-37-24-4-2-3-21(24)28(39)34-30(37)41-16-18-5-7-20(31)8-6-18/h5-8,11-12,19,25H,2-4,9-10,13-16H2,1H3/t19-,25+/m0/s1. The van der Waals surface area contributed by atoms with Crippen molar-refractivity contribution in [2.45, 2.75) is 56.1 Å². The highest BCUT2D eigenvalue weighted by atomic mass is 32.2. The Kier molecular flexibility index (Phi) is 7.39. The molecule has 3 heterocycles. The van der Waals surface area contributed by atoms with Crippen molar-refractivity contribution in [1.29, 1.82) is 0 Å². The Morgan fingerprint density at radius 2 is 1.85 bits per heavy atom. The molecule has 11 heteroatoms. The van der Waals surface area contributed by atoms with Gasteiger partial charge in [-0.15, -0.1) is 0 Å². The molecule has 2 aliphatic heterocycles. The van der Waals surface area contributed by atoms with E-state index in [4.69, 9.17) is 0 Å². The van der Waals surface area contributed by atoms with Crippen LogP contribution in [0.3, 0.4) is 0 Å². The first kappa shape index (κ1) is 27.6. The smallest absolute Gasteiger partial charge is 0.277 e. The SMILES string of the molecule is Cc1cc(F)c(F)c(C(=O)N2C[C@@H]3CCN(C(=O)Cn4c(SCc5ccc(F)cc5)nc(=O)c5c4CCC5)[C@@H]3C2)c1. The zero-order valence-electron chi connectivity index (χ0n) is 22.5. The summed E-state index contributed by atoms with van der Waals surface area (Å²) in [6.45, 7) is 2.77. The second-order valence-electron chi connectivity index (χ2n) is 11.0. The Morgan fingerprint density at radius 1 is 1.07 bits per heavy atom. The molecule has 7 nitrogen and oxygen atoms in total. The number of carbonyl (C=O) groups is 2. The fourth-order valence-electron chi connectivity index (χ4n) is 6.30. The fraction of sp³-hybridized carbons (Fsp3) is 0.400. The van der Waals surface area contributed by atoms with Gasteiger partial charge in [-0.1, -0.05) is 23.9 Å². The summed E-state index contributed by atoms with van der Waals surface area (Å²) in [7, 11) is 0. The van der Waals surface area contributed by atoms with Crippen molar-refractivity contribution in [2.24, 2.45) is 5.92 Å². The number of benzene rings is 2. The zero-order chi connectivity index (χ0) is 28.8. The number of hydrogen-bond donors (Lipinski definition) is 0. The van der Waals surface area contributed by atoms with E-state index in [2.05, 4.69) is 4.98 Å². The summed E-state index contributed by atoms with van der Waals surface area (Å²) in [5.41, 5.74) is 2.24. The van der Waals surface area contributed by atoms with Crippen LogP contribution in [0.4, 0.5) is 13.2 Å². The van der Waals surface area contributed by atoms with Gasteiger partial charge in [-0.3, -0.25) is 14.4 Å². The van der Waals surface area contributed by atoms with Crippen LogP contribution in [0.15, 0.2) is 46.3 Å². The molecule has 1 aliphatic carbocycles. The minimum absolute atomic E-state index is 0.0102. The predicted octanol–water partition coefficient (Wildman–Crippen LogP) is 4.12. The lowest BCUT2D eigenvalue weighted by atomic mass is 10.1. The van der Waals surface area contributed by atoms with Crippen molar-refractivity contribution in [2.75, 3.05) is 19.6 Å². The zero-order valence-corrected chi connectivity index (χ0v) is 23.4. The lowest BCUT2D eigenvalue weighted by Crippen LogP contribution is -2.42. The quantitative estimate of drug-likeness (QED) is 0.323. The van der Waals surface area contributed by atoms with Gasteiger partial charge in [-0.25, -0.2) is 13.2 Å². The van der Waals surface area contributed by atoms with Gasteiger partial charge in [-0.05, 0) is 68.0 Å². The summed E-state index contributed by atoms with van der Waals surface area (Å²) in [5.74, 6) is -2.75. The minimum atomic E-state index is -1.16. The monoisotopic (exact) mass is 582 g/mol. The van der Waals surface area contributed by atoms with Crippen LogP contribution in [0, 0.1) is 30.3 Å². The Balaban J connectivity index is 1.20. The summed E-state index contributed by atoms with van der Waals surface area (Å²) >= 11 is 1.34. The van der Waals surface area contributed by atoms with Crippen LogP contribution in [0.5, 0.6) is 0 Å². The van der Waals surface area contributed by atoms with E-state index < -0.39 is 17.5 Å². The van der Waals surface area contributed by atoms with Gasteiger partial charge < -0.3 is 14.4 Å². The number of halogens is 3. The molecule has 0 spiro atoms. The van der Waals surface area contributed by atoms with E-state index in [9.17, 15) is 27.6 Å². The van der Waals surface area contributed by atoms with Crippen LogP contribution in [0.25, 0.3) is 0 Å².